The Balaban J connectivity index is 0.00000208. The molecule has 24 heavy (non-hydrogen) atoms. The predicted molar refractivity (Wildman–Crippen MR) is 94.4 cm³/mol. The van der Waals surface area contributed by atoms with E-state index in [-0.39, 0.29) is 13.0 Å². The van der Waals surface area contributed by atoms with Crippen molar-refractivity contribution in [2.75, 3.05) is 12.4 Å². The summed E-state index contributed by atoms with van der Waals surface area (Å²) in [4.78, 5) is 4.46. The molecule has 0 fully saturated rings. The van der Waals surface area contributed by atoms with Gasteiger partial charge >= 0.3 is 0 Å². The number of ether oxygens (including phenoxy) is 1. The second-order valence-corrected chi connectivity index (χ2v) is 6.12. The number of hydrogen-bond donors (Lipinski definition) is 1. The Labute approximate surface area is 145 Å². The molecular weight excluding hydrogens is 334 g/mol. The van der Waals surface area contributed by atoms with Gasteiger partial charge in [-0.2, -0.15) is 0 Å². The van der Waals surface area contributed by atoms with E-state index in [1.54, 1.807) is 33.0 Å². The first-order chi connectivity index (χ1) is 10.8. The van der Waals surface area contributed by atoms with Gasteiger partial charge < -0.3 is 10.1 Å². The van der Waals surface area contributed by atoms with Crippen LogP contribution in [0.1, 0.15) is 32.4 Å². The summed E-state index contributed by atoms with van der Waals surface area (Å²) in [6.45, 7) is 3.52. The number of nitrogens with zero attached hydrogens (tertiary/aromatic N) is 1. The van der Waals surface area contributed by atoms with Crippen LogP contribution in [0, 0.1) is 11.6 Å². The van der Waals surface area contributed by atoms with E-state index in [4.69, 9.17) is 16.3 Å². The van der Waals surface area contributed by atoms with Gasteiger partial charge in [-0.05, 0) is 32.0 Å². The van der Waals surface area contributed by atoms with Crippen molar-refractivity contribution in [3.8, 4) is 5.75 Å². The minimum absolute atomic E-state index is 0. The van der Waals surface area contributed by atoms with Gasteiger partial charge in [-0.15, -0.1) is 0 Å². The zero-order valence-electron chi connectivity index (χ0n) is 12.9. The lowest BCUT2D eigenvalue weighted by atomic mass is 9.98. The largest absolute Gasteiger partial charge is 0.466 e. The summed E-state index contributed by atoms with van der Waals surface area (Å²) in [5.41, 5.74) is 0.907. The average molecular weight is 353 g/mol. The van der Waals surface area contributed by atoms with E-state index in [9.17, 15) is 8.78 Å². The lowest BCUT2D eigenvalue weighted by Gasteiger charge is -2.31. The fourth-order valence-corrected chi connectivity index (χ4v) is 2.83. The minimum Gasteiger partial charge on any atom is -0.466 e. The molecule has 0 unspecified atom stereocenters. The van der Waals surface area contributed by atoms with Crippen LogP contribution < -0.4 is 10.1 Å². The van der Waals surface area contributed by atoms with Crippen LogP contribution in [0.2, 0.25) is 5.02 Å². The van der Waals surface area contributed by atoms with Crippen LogP contribution in [0.25, 0.3) is 0 Å². The van der Waals surface area contributed by atoms with Crippen molar-refractivity contribution in [3.05, 3.63) is 58.1 Å². The average Bonchev–Trinajstić information content (AvgIpc) is 2.44. The van der Waals surface area contributed by atoms with Crippen molar-refractivity contribution >= 4 is 23.0 Å². The van der Waals surface area contributed by atoms with Gasteiger partial charge in [0.2, 0.25) is 0 Å². The second-order valence-electron chi connectivity index (χ2n) is 5.71. The van der Waals surface area contributed by atoms with E-state index in [0.717, 1.165) is 11.8 Å². The Bertz CT molecular complexity index is 819. The number of fused-ring (bicyclic) bond motifs is 1. The van der Waals surface area contributed by atoms with E-state index in [1.807, 2.05) is 0 Å². The number of anilines is 1. The molecule has 0 amide bonds. The van der Waals surface area contributed by atoms with E-state index in [2.05, 4.69) is 10.3 Å². The van der Waals surface area contributed by atoms with Gasteiger partial charge in [0.25, 0.3) is 0 Å². The van der Waals surface area contributed by atoms with Crippen molar-refractivity contribution < 1.29 is 13.5 Å². The highest BCUT2D eigenvalue weighted by Crippen LogP contribution is 2.39. The van der Waals surface area contributed by atoms with Crippen molar-refractivity contribution in [2.24, 2.45) is 4.99 Å². The van der Waals surface area contributed by atoms with Crippen LogP contribution in [0.3, 0.4) is 0 Å². The van der Waals surface area contributed by atoms with Crippen LogP contribution in [-0.2, 0) is 0 Å². The van der Waals surface area contributed by atoms with Gasteiger partial charge in [-0.1, -0.05) is 19.0 Å². The Morgan fingerprint density at radius 1 is 1.17 bits per heavy atom. The Hall–Kier alpha value is -2.14. The van der Waals surface area contributed by atoms with E-state index < -0.39 is 17.4 Å². The monoisotopic (exact) mass is 352 g/mol. The zero-order valence-corrected chi connectivity index (χ0v) is 13.6. The Kier molecular flexibility index (Phi) is 4.85. The molecule has 2 aromatic carbocycles. The number of halogens is 3. The highest BCUT2D eigenvalue weighted by molar-refractivity contribution is 6.36. The summed E-state index contributed by atoms with van der Waals surface area (Å²) in [6, 6.07) is 6.86. The normalized spacial score (nSPS) is 14.8. The first-order valence-corrected chi connectivity index (χ1v) is 7.44. The highest BCUT2D eigenvalue weighted by atomic mass is 35.5. The minimum atomic E-state index is -0.890. The quantitative estimate of drug-likeness (QED) is 0.799. The second kappa shape index (κ2) is 6.40. The third kappa shape index (κ3) is 3.22. The molecule has 6 heteroatoms. The van der Waals surface area contributed by atoms with Gasteiger partial charge in [0.05, 0.1) is 16.3 Å². The molecule has 0 saturated heterocycles. The first kappa shape index (κ1) is 18.2. The molecule has 0 aromatic heterocycles. The van der Waals surface area contributed by atoms with Crippen LogP contribution in [0.5, 0.6) is 5.75 Å². The van der Waals surface area contributed by atoms with Crippen molar-refractivity contribution in [3.63, 3.8) is 0 Å². The van der Waals surface area contributed by atoms with Gasteiger partial charge in [0.15, 0.2) is 5.72 Å². The van der Waals surface area contributed by atoms with Crippen LogP contribution in [0.4, 0.5) is 14.5 Å². The van der Waals surface area contributed by atoms with Crippen molar-refractivity contribution in [1.82, 2.24) is 0 Å². The number of rotatable bonds is 2. The lowest BCUT2D eigenvalue weighted by Crippen LogP contribution is -2.33. The molecule has 0 spiro atoms. The topological polar surface area (TPSA) is 33.6 Å². The molecular formula is C18H19ClF2N2O. The molecule has 0 bridgehead atoms. The SMILES string of the molecule is C.CNc1cc(Cl)c2c(c1)OC(C)(C)N=C2c1ccc(F)cc1F. The van der Waals surface area contributed by atoms with Crippen LogP contribution in [-0.4, -0.2) is 18.5 Å². The Morgan fingerprint density at radius 2 is 1.88 bits per heavy atom. The fourth-order valence-electron chi connectivity index (χ4n) is 2.53. The molecule has 3 nitrogen and oxygen atoms in total. The van der Waals surface area contributed by atoms with Gasteiger partial charge in [0, 0.05) is 30.4 Å². The van der Waals surface area contributed by atoms with Crippen LogP contribution in [0.15, 0.2) is 35.3 Å². The van der Waals surface area contributed by atoms with E-state index >= 15 is 0 Å². The molecule has 128 valence electrons. The molecule has 2 aromatic rings. The summed E-state index contributed by atoms with van der Waals surface area (Å²) >= 11 is 6.35. The van der Waals surface area contributed by atoms with Gasteiger partial charge in [-0.3, -0.25) is 0 Å². The molecule has 0 radical (unpaired) electrons. The summed E-state index contributed by atoms with van der Waals surface area (Å²) < 4.78 is 33.3. The van der Waals surface area contributed by atoms with Crippen molar-refractivity contribution in [2.45, 2.75) is 27.0 Å². The number of benzene rings is 2. The highest BCUT2D eigenvalue weighted by Gasteiger charge is 2.32. The third-order valence-corrected chi connectivity index (χ3v) is 3.80. The smallest absolute Gasteiger partial charge is 0.195 e. The van der Waals surface area contributed by atoms with Crippen LogP contribution >= 0.6 is 11.6 Å². The van der Waals surface area contributed by atoms with E-state index in [1.165, 1.54) is 12.1 Å². The third-order valence-electron chi connectivity index (χ3n) is 3.51. The summed E-state index contributed by atoms with van der Waals surface area (Å²) in [5, 5.41) is 3.37. The molecule has 0 saturated carbocycles. The maximum absolute atomic E-state index is 14.2. The summed E-state index contributed by atoms with van der Waals surface area (Å²) in [7, 11) is 1.76. The summed E-state index contributed by atoms with van der Waals surface area (Å²) in [6.07, 6.45) is 0. The molecule has 3 rings (SSSR count). The predicted octanol–water partition coefficient (Wildman–Crippen LogP) is 5.26. The maximum atomic E-state index is 14.2. The number of aliphatic imine (C=N–C) groups is 1. The first-order valence-electron chi connectivity index (χ1n) is 7.07. The Morgan fingerprint density at radius 3 is 2.50 bits per heavy atom. The molecule has 1 aliphatic rings. The standard InChI is InChI=1S/C17H15ClF2N2O.CH4/c1-17(2)22-16(11-5-4-9(19)6-13(11)20)15-12(18)7-10(21-3)8-14(15)23-17;/h4-8,21H,1-3H3;1H4. The molecule has 0 aliphatic carbocycles. The lowest BCUT2D eigenvalue weighted by molar-refractivity contribution is 0.115. The maximum Gasteiger partial charge on any atom is 0.195 e. The van der Waals surface area contributed by atoms with Gasteiger partial charge in [0.1, 0.15) is 17.4 Å². The molecule has 1 heterocycles. The summed E-state index contributed by atoms with van der Waals surface area (Å²) in [5.74, 6) is -0.836. The number of nitrogens with one attached hydrogen (secondary N) is 1. The van der Waals surface area contributed by atoms with Crippen molar-refractivity contribution in [1.29, 1.82) is 0 Å². The van der Waals surface area contributed by atoms with Gasteiger partial charge in [-0.25, -0.2) is 13.8 Å². The number of hydrogen-bond acceptors (Lipinski definition) is 3. The molecule has 1 N–H and O–H groups in total. The molecule has 0 atom stereocenters. The fraction of sp³-hybridized carbons (Fsp3) is 0.278. The zero-order chi connectivity index (χ0) is 16.8. The molecule has 1 aliphatic heterocycles. The van der Waals surface area contributed by atoms with E-state index in [0.29, 0.717) is 22.0 Å².